The van der Waals surface area contributed by atoms with Gasteiger partial charge in [0, 0.05) is 23.3 Å². The molecule has 114 valence electrons. The van der Waals surface area contributed by atoms with Crippen molar-refractivity contribution in [2.75, 3.05) is 0 Å². The lowest BCUT2D eigenvalue weighted by Gasteiger charge is -2.14. The summed E-state index contributed by atoms with van der Waals surface area (Å²) in [6.45, 7) is 3.70. The third kappa shape index (κ3) is 3.69. The largest absolute Gasteiger partial charge is 0.477 e. The Bertz CT molecular complexity index is 735. The van der Waals surface area contributed by atoms with Gasteiger partial charge in [-0.1, -0.05) is 0 Å². The Morgan fingerprint density at radius 3 is 2.81 bits per heavy atom. The first kappa shape index (κ1) is 15.7. The number of aromatic carboxylic acids is 1. The molecule has 2 aromatic heterocycles. The smallest absolute Gasteiger partial charge is 0.345 e. The second-order valence-electron chi connectivity index (χ2n) is 4.59. The van der Waals surface area contributed by atoms with E-state index in [1.165, 1.54) is 6.07 Å². The standard InChI is InChI=1S/C12H15N3O4S2/c1-8(7-15-5-3-4-13-15)14-21(18,19)11-6-10(12(16)17)20-9(11)2/h3-6,8,14H,7H2,1-2H3,(H,16,17). The van der Waals surface area contributed by atoms with E-state index in [-0.39, 0.29) is 15.8 Å². The normalized spacial score (nSPS) is 13.2. The van der Waals surface area contributed by atoms with E-state index in [9.17, 15) is 13.2 Å². The van der Waals surface area contributed by atoms with Crippen LogP contribution in [0.15, 0.2) is 29.4 Å². The first-order chi connectivity index (χ1) is 9.79. The van der Waals surface area contributed by atoms with Crippen LogP contribution in [-0.2, 0) is 16.6 Å². The third-order valence-electron chi connectivity index (χ3n) is 2.75. The Morgan fingerprint density at radius 1 is 1.57 bits per heavy atom. The van der Waals surface area contributed by atoms with Gasteiger partial charge >= 0.3 is 5.97 Å². The Morgan fingerprint density at radius 2 is 2.29 bits per heavy atom. The van der Waals surface area contributed by atoms with Crippen molar-refractivity contribution in [1.29, 1.82) is 0 Å². The molecule has 0 aliphatic heterocycles. The zero-order valence-electron chi connectivity index (χ0n) is 11.5. The van der Waals surface area contributed by atoms with E-state index in [2.05, 4.69) is 9.82 Å². The fourth-order valence-corrected chi connectivity index (χ4v) is 4.56. The molecule has 0 aliphatic carbocycles. The van der Waals surface area contributed by atoms with Crippen molar-refractivity contribution < 1.29 is 18.3 Å². The van der Waals surface area contributed by atoms with Gasteiger partial charge in [0.05, 0.1) is 11.4 Å². The maximum atomic E-state index is 12.3. The number of carboxylic acids is 1. The zero-order valence-corrected chi connectivity index (χ0v) is 13.1. The molecule has 2 heterocycles. The maximum absolute atomic E-state index is 12.3. The molecule has 0 amide bonds. The molecule has 7 nitrogen and oxygen atoms in total. The zero-order chi connectivity index (χ0) is 15.6. The first-order valence-corrected chi connectivity index (χ1v) is 8.43. The van der Waals surface area contributed by atoms with Crippen molar-refractivity contribution in [2.24, 2.45) is 0 Å². The molecule has 2 N–H and O–H groups in total. The number of carbonyl (C=O) groups is 1. The number of thiophene rings is 1. The van der Waals surface area contributed by atoms with Crippen molar-refractivity contribution in [3.8, 4) is 0 Å². The number of rotatable bonds is 6. The average molecular weight is 329 g/mol. The molecule has 0 saturated carbocycles. The SMILES string of the molecule is Cc1sc(C(=O)O)cc1S(=O)(=O)NC(C)Cn1cccn1. The van der Waals surface area contributed by atoms with Crippen molar-refractivity contribution >= 4 is 27.3 Å². The maximum Gasteiger partial charge on any atom is 0.345 e. The highest BCUT2D eigenvalue weighted by Gasteiger charge is 2.23. The number of aromatic nitrogens is 2. The predicted octanol–water partition coefficient (Wildman–Crippen LogP) is 1.32. The highest BCUT2D eigenvalue weighted by Crippen LogP contribution is 2.25. The van der Waals surface area contributed by atoms with E-state index >= 15 is 0 Å². The van der Waals surface area contributed by atoms with Crippen molar-refractivity contribution in [3.63, 3.8) is 0 Å². The van der Waals surface area contributed by atoms with Crippen molar-refractivity contribution in [3.05, 3.63) is 34.3 Å². The van der Waals surface area contributed by atoms with Crippen LogP contribution in [-0.4, -0.2) is 35.3 Å². The van der Waals surface area contributed by atoms with Crippen LogP contribution in [0, 0.1) is 6.92 Å². The van der Waals surface area contributed by atoms with Gasteiger partial charge in [0.1, 0.15) is 4.88 Å². The lowest BCUT2D eigenvalue weighted by molar-refractivity contribution is 0.0702. The van der Waals surface area contributed by atoms with Gasteiger partial charge in [-0.25, -0.2) is 17.9 Å². The van der Waals surface area contributed by atoms with Gasteiger partial charge in [-0.05, 0) is 26.0 Å². The third-order valence-corrected chi connectivity index (χ3v) is 5.63. The fraction of sp³-hybridized carbons (Fsp3) is 0.333. The Labute approximate surface area is 126 Å². The predicted molar refractivity (Wildman–Crippen MR) is 78.0 cm³/mol. The lowest BCUT2D eigenvalue weighted by Crippen LogP contribution is -2.35. The molecule has 0 bridgehead atoms. The molecule has 0 aromatic carbocycles. The van der Waals surface area contributed by atoms with Gasteiger partial charge in [0.2, 0.25) is 10.0 Å². The molecule has 0 radical (unpaired) electrons. The number of hydrogen-bond donors (Lipinski definition) is 2. The Hall–Kier alpha value is -1.71. The van der Waals surface area contributed by atoms with Gasteiger partial charge < -0.3 is 5.11 Å². The van der Waals surface area contributed by atoms with Crippen LogP contribution in [0.3, 0.4) is 0 Å². The number of carboxylic acid groups (broad SMARTS) is 1. The minimum atomic E-state index is -3.75. The van der Waals surface area contributed by atoms with E-state index in [1.54, 1.807) is 37.0 Å². The number of nitrogens with one attached hydrogen (secondary N) is 1. The summed E-state index contributed by atoms with van der Waals surface area (Å²) in [7, 11) is -3.75. The summed E-state index contributed by atoms with van der Waals surface area (Å²) in [6.07, 6.45) is 3.35. The molecular weight excluding hydrogens is 314 g/mol. The highest BCUT2D eigenvalue weighted by molar-refractivity contribution is 7.89. The van der Waals surface area contributed by atoms with Crippen LogP contribution in [0.1, 0.15) is 21.5 Å². The molecular formula is C12H15N3O4S2. The van der Waals surface area contributed by atoms with E-state index in [4.69, 9.17) is 5.11 Å². The molecule has 2 rings (SSSR count). The van der Waals surface area contributed by atoms with Crippen LogP contribution >= 0.6 is 11.3 Å². The van der Waals surface area contributed by atoms with Gasteiger partial charge in [0.25, 0.3) is 0 Å². The average Bonchev–Trinajstić information content (AvgIpc) is 2.97. The Balaban J connectivity index is 2.16. The second kappa shape index (κ2) is 5.96. The van der Waals surface area contributed by atoms with E-state index in [1.807, 2.05) is 0 Å². The quantitative estimate of drug-likeness (QED) is 0.832. The summed E-state index contributed by atoms with van der Waals surface area (Å²) in [4.78, 5) is 11.4. The molecule has 1 unspecified atom stereocenters. The molecule has 0 fully saturated rings. The van der Waals surface area contributed by atoms with Gasteiger partial charge in [-0.15, -0.1) is 11.3 Å². The monoisotopic (exact) mass is 329 g/mol. The highest BCUT2D eigenvalue weighted by atomic mass is 32.2. The molecule has 2 aromatic rings. The van der Waals surface area contributed by atoms with Crippen LogP contribution in [0.2, 0.25) is 0 Å². The van der Waals surface area contributed by atoms with Crippen LogP contribution in [0.4, 0.5) is 0 Å². The summed E-state index contributed by atoms with van der Waals surface area (Å²) in [5.41, 5.74) is 0. The Kier molecular flexibility index (Phi) is 4.45. The molecule has 0 saturated heterocycles. The van der Waals surface area contributed by atoms with Crippen LogP contribution < -0.4 is 4.72 Å². The topological polar surface area (TPSA) is 101 Å². The minimum absolute atomic E-state index is 0.00704. The number of hydrogen-bond acceptors (Lipinski definition) is 5. The van der Waals surface area contributed by atoms with E-state index in [0.29, 0.717) is 11.4 Å². The first-order valence-electron chi connectivity index (χ1n) is 6.13. The van der Waals surface area contributed by atoms with Crippen LogP contribution in [0.25, 0.3) is 0 Å². The summed E-state index contributed by atoms with van der Waals surface area (Å²) in [6, 6.07) is 2.57. The molecule has 1 atom stereocenters. The summed E-state index contributed by atoms with van der Waals surface area (Å²) in [5, 5.41) is 12.9. The van der Waals surface area contributed by atoms with Gasteiger partial charge in [-0.3, -0.25) is 4.68 Å². The van der Waals surface area contributed by atoms with Crippen molar-refractivity contribution in [2.45, 2.75) is 31.3 Å². The van der Waals surface area contributed by atoms with Crippen molar-refractivity contribution in [1.82, 2.24) is 14.5 Å². The van der Waals surface area contributed by atoms with Gasteiger partial charge in [-0.2, -0.15) is 5.10 Å². The molecule has 0 spiro atoms. The fourth-order valence-electron chi connectivity index (χ4n) is 1.89. The van der Waals surface area contributed by atoms with E-state index in [0.717, 1.165) is 11.3 Å². The summed E-state index contributed by atoms with van der Waals surface area (Å²) >= 11 is 0.946. The molecule has 21 heavy (non-hydrogen) atoms. The number of sulfonamides is 1. The number of nitrogens with zero attached hydrogens (tertiary/aromatic N) is 2. The number of aryl methyl sites for hydroxylation is 1. The second-order valence-corrected chi connectivity index (χ2v) is 7.53. The van der Waals surface area contributed by atoms with E-state index < -0.39 is 16.0 Å². The lowest BCUT2D eigenvalue weighted by atomic mass is 10.4. The minimum Gasteiger partial charge on any atom is -0.477 e. The van der Waals surface area contributed by atoms with Gasteiger partial charge in [0.15, 0.2) is 0 Å². The molecule has 0 aliphatic rings. The summed E-state index contributed by atoms with van der Waals surface area (Å²) in [5.74, 6) is -1.13. The molecule has 9 heteroatoms. The summed E-state index contributed by atoms with van der Waals surface area (Å²) < 4.78 is 28.8. The van der Waals surface area contributed by atoms with Crippen LogP contribution in [0.5, 0.6) is 0 Å².